The third-order valence-electron chi connectivity index (χ3n) is 3.95. The molecule has 0 spiro atoms. The van der Waals surface area contributed by atoms with Crippen molar-refractivity contribution in [2.75, 3.05) is 18.5 Å². The molecule has 6 heteroatoms. The number of nitrogens with one attached hydrogen (secondary N) is 1. The van der Waals surface area contributed by atoms with Gasteiger partial charge in [0.2, 0.25) is 5.95 Å². The maximum atomic E-state index is 12.5. The zero-order valence-corrected chi connectivity index (χ0v) is 15.6. The summed E-state index contributed by atoms with van der Waals surface area (Å²) >= 11 is 0. The first-order valence-corrected chi connectivity index (χ1v) is 8.09. The van der Waals surface area contributed by atoms with E-state index in [0.29, 0.717) is 17.0 Å². The van der Waals surface area contributed by atoms with Gasteiger partial charge in [-0.25, -0.2) is 4.98 Å². The van der Waals surface area contributed by atoms with Gasteiger partial charge in [-0.15, -0.1) is 0 Å². The van der Waals surface area contributed by atoms with Crippen LogP contribution in [0.25, 0.3) is 11.0 Å². The number of aromatic amines is 1. The third kappa shape index (κ3) is 3.74. The lowest BCUT2D eigenvalue weighted by atomic mass is 9.91. The van der Waals surface area contributed by atoms with E-state index in [-0.39, 0.29) is 16.4 Å². The monoisotopic (exact) mass is 319 g/mol. The topological polar surface area (TPSA) is 66.8 Å². The summed E-state index contributed by atoms with van der Waals surface area (Å²) in [6.45, 7) is 13.7. The number of hydrogen-bond acceptors (Lipinski definition) is 4. The average molecular weight is 319 g/mol. The molecule has 0 saturated heterocycles. The van der Waals surface area contributed by atoms with E-state index in [9.17, 15) is 4.79 Å². The number of hydrogen-bond donors (Lipinski definition) is 1. The number of aromatic nitrogens is 4. The Hall–Kier alpha value is -1.85. The number of nitrogens with zero attached hydrogens (tertiary/aromatic N) is 4. The van der Waals surface area contributed by atoms with Crippen molar-refractivity contribution >= 4 is 17.0 Å². The molecule has 0 amide bonds. The Balaban J connectivity index is 2.50. The van der Waals surface area contributed by atoms with Crippen molar-refractivity contribution in [2.45, 2.75) is 53.4 Å². The van der Waals surface area contributed by atoms with Crippen LogP contribution in [0.15, 0.2) is 4.79 Å². The maximum Gasteiger partial charge on any atom is 0.278 e. The summed E-state index contributed by atoms with van der Waals surface area (Å²) in [5.74, 6) is 0.602. The fraction of sp³-hybridized carbons (Fsp3) is 0.706. The van der Waals surface area contributed by atoms with Crippen LogP contribution < -0.4 is 10.5 Å². The first-order chi connectivity index (χ1) is 10.4. The van der Waals surface area contributed by atoms with Crippen LogP contribution in [-0.4, -0.2) is 33.3 Å². The molecule has 128 valence electrons. The Morgan fingerprint density at radius 1 is 1.17 bits per heavy atom. The van der Waals surface area contributed by atoms with Gasteiger partial charge < -0.3 is 4.90 Å². The van der Waals surface area contributed by atoms with Crippen LogP contribution >= 0.6 is 0 Å². The highest BCUT2D eigenvalue weighted by Crippen LogP contribution is 2.27. The van der Waals surface area contributed by atoms with Gasteiger partial charge in [0, 0.05) is 26.1 Å². The van der Waals surface area contributed by atoms with Crippen LogP contribution in [0.2, 0.25) is 0 Å². The SMILES string of the molecule is CN(CCC(C)(C)C)c1nc2c(C(C)(C)C)nn(C)c2c(=O)[nH]1. The van der Waals surface area contributed by atoms with Crippen molar-refractivity contribution < 1.29 is 0 Å². The summed E-state index contributed by atoms with van der Waals surface area (Å²) in [4.78, 5) is 22.1. The number of rotatable bonds is 3. The average Bonchev–Trinajstić information content (AvgIpc) is 2.72. The van der Waals surface area contributed by atoms with E-state index in [4.69, 9.17) is 4.98 Å². The molecule has 0 fully saturated rings. The van der Waals surface area contributed by atoms with E-state index >= 15 is 0 Å². The first kappa shape index (κ1) is 17.5. The van der Waals surface area contributed by atoms with Crippen molar-refractivity contribution in [1.82, 2.24) is 19.7 Å². The Bertz CT molecular complexity index is 758. The normalized spacial score (nSPS) is 12.9. The van der Waals surface area contributed by atoms with Gasteiger partial charge >= 0.3 is 0 Å². The largest absolute Gasteiger partial charge is 0.345 e. The summed E-state index contributed by atoms with van der Waals surface area (Å²) in [5.41, 5.74) is 2.01. The second-order valence-electron chi connectivity index (χ2n) is 8.54. The second kappa shape index (κ2) is 5.65. The van der Waals surface area contributed by atoms with Crippen LogP contribution in [0.4, 0.5) is 5.95 Å². The minimum atomic E-state index is -0.165. The Labute approximate surface area is 137 Å². The molecule has 6 nitrogen and oxygen atoms in total. The number of H-pyrrole nitrogens is 1. The fourth-order valence-corrected chi connectivity index (χ4v) is 2.46. The quantitative estimate of drug-likeness (QED) is 0.944. The van der Waals surface area contributed by atoms with Crippen molar-refractivity contribution in [3.63, 3.8) is 0 Å². The first-order valence-electron chi connectivity index (χ1n) is 8.09. The van der Waals surface area contributed by atoms with Gasteiger partial charge in [-0.3, -0.25) is 14.5 Å². The van der Waals surface area contributed by atoms with Crippen molar-refractivity contribution in [3.8, 4) is 0 Å². The molecule has 0 bridgehead atoms. The number of fused-ring (bicyclic) bond motifs is 1. The molecule has 0 aromatic carbocycles. The van der Waals surface area contributed by atoms with E-state index in [1.54, 1.807) is 11.7 Å². The van der Waals surface area contributed by atoms with Crippen LogP contribution in [0.5, 0.6) is 0 Å². The fourth-order valence-electron chi connectivity index (χ4n) is 2.46. The minimum absolute atomic E-state index is 0.141. The summed E-state index contributed by atoms with van der Waals surface area (Å²) in [5, 5.41) is 4.52. The van der Waals surface area contributed by atoms with Gasteiger partial charge in [0.15, 0.2) is 5.52 Å². The highest BCUT2D eigenvalue weighted by Gasteiger charge is 2.25. The molecule has 2 aromatic rings. The van der Waals surface area contributed by atoms with Crippen LogP contribution in [0, 0.1) is 5.41 Å². The highest BCUT2D eigenvalue weighted by molar-refractivity contribution is 5.78. The Kier molecular flexibility index (Phi) is 4.30. The zero-order valence-electron chi connectivity index (χ0n) is 15.6. The third-order valence-corrected chi connectivity index (χ3v) is 3.95. The smallest absolute Gasteiger partial charge is 0.278 e. The molecule has 0 saturated carbocycles. The van der Waals surface area contributed by atoms with E-state index < -0.39 is 0 Å². The lowest BCUT2D eigenvalue weighted by molar-refractivity contribution is 0.381. The molecule has 1 N–H and O–H groups in total. The molecule has 23 heavy (non-hydrogen) atoms. The van der Waals surface area contributed by atoms with Crippen molar-refractivity contribution in [1.29, 1.82) is 0 Å². The van der Waals surface area contributed by atoms with E-state index in [1.165, 1.54) is 0 Å². The highest BCUT2D eigenvalue weighted by atomic mass is 16.1. The zero-order chi connectivity index (χ0) is 17.6. The molecule has 0 radical (unpaired) electrons. The summed E-state index contributed by atoms with van der Waals surface area (Å²) in [6, 6.07) is 0. The second-order valence-corrected chi connectivity index (χ2v) is 8.54. The summed E-state index contributed by atoms with van der Waals surface area (Å²) < 4.78 is 1.63. The van der Waals surface area contributed by atoms with Gasteiger partial charge in [-0.2, -0.15) is 5.10 Å². The standard InChI is InChI=1S/C17H29N5O/c1-16(2,3)9-10-21(7)15-18-11-12(14(23)19-15)22(8)20-13(11)17(4,5)6/h9-10H2,1-8H3,(H,18,19,23). The van der Waals surface area contributed by atoms with E-state index in [2.05, 4.69) is 51.6 Å². The van der Waals surface area contributed by atoms with Crippen molar-refractivity contribution in [3.05, 3.63) is 16.0 Å². The Morgan fingerprint density at radius 3 is 2.30 bits per heavy atom. The molecule has 0 atom stereocenters. The van der Waals surface area contributed by atoms with Crippen LogP contribution in [0.3, 0.4) is 0 Å². The van der Waals surface area contributed by atoms with Crippen LogP contribution in [-0.2, 0) is 12.5 Å². The lowest BCUT2D eigenvalue weighted by Gasteiger charge is -2.24. The molecular formula is C17H29N5O. The molecule has 2 aromatic heterocycles. The van der Waals surface area contributed by atoms with Gasteiger partial charge in [0.05, 0.1) is 5.69 Å². The van der Waals surface area contributed by atoms with Gasteiger partial charge in [-0.1, -0.05) is 41.5 Å². The van der Waals surface area contributed by atoms with Crippen LogP contribution in [0.1, 0.15) is 53.7 Å². The maximum absolute atomic E-state index is 12.5. The predicted octanol–water partition coefficient (Wildman–Crippen LogP) is 2.83. The molecule has 0 aliphatic heterocycles. The van der Waals surface area contributed by atoms with E-state index in [0.717, 1.165) is 18.7 Å². The lowest BCUT2D eigenvalue weighted by Crippen LogP contribution is -2.27. The summed E-state index contributed by atoms with van der Waals surface area (Å²) in [6.07, 6.45) is 1.02. The number of aryl methyl sites for hydroxylation is 1. The van der Waals surface area contributed by atoms with Gasteiger partial charge in [-0.05, 0) is 11.8 Å². The molecule has 0 unspecified atom stereocenters. The molecule has 0 aliphatic carbocycles. The predicted molar refractivity (Wildman–Crippen MR) is 95.2 cm³/mol. The van der Waals surface area contributed by atoms with Gasteiger partial charge in [0.25, 0.3) is 5.56 Å². The Morgan fingerprint density at radius 2 is 1.78 bits per heavy atom. The minimum Gasteiger partial charge on any atom is -0.345 e. The number of anilines is 1. The molecule has 2 rings (SSSR count). The van der Waals surface area contributed by atoms with Gasteiger partial charge in [0.1, 0.15) is 5.52 Å². The summed E-state index contributed by atoms with van der Waals surface area (Å²) in [7, 11) is 3.75. The molecule has 0 aliphatic rings. The van der Waals surface area contributed by atoms with Crippen molar-refractivity contribution in [2.24, 2.45) is 12.5 Å². The molecular weight excluding hydrogens is 290 g/mol. The van der Waals surface area contributed by atoms with E-state index in [1.807, 2.05) is 11.9 Å². The molecule has 2 heterocycles.